The van der Waals surface area contributed by atoms with Crippen molar-refractivity contribution in [3.8, 4) is 0 Å². The molecule has 29 heavy (non-hydrogen) atoms. The third-order valence-corrected chi connectivity index (χ3v) is 7.20. The molecule has 5 heteroatoms. The Bertz CT molecular complexity index is 971. The summed E-state index contributed by atoms with van der Waals surface area (Å²) in [7, 11) is 0. The average Bonchev–Trinajstić information content (AvgIpc) is 3.17. The van der Waals surface area contributed by atoms with Gasteiger partial charge in [0.15, 0.2) is 0 Å². The third kappa shape index (κ3) is 4.51. The molecule has 1 amide bonds. The number of aromatic nitrogens is 1. The van der Waals surface area contributed by atoms with E-state index in [2.05, 4.69) is 62.1 Å². The van der Waals surface area contributed by atoms with Crippen molar-refractivity contribution in [3.05, 3.63) is 64.2 Å². The molecule has 152 valence electrons. The summed E-state index contributed by atoms with van der Waals surface area (Å²) in [6.45, 7) is 9.90. The molecule has 1 atom stereocenters. The molecule has 0 saturated carbocycles. The predicted octanol–water partition coefficient (Wildman–Crippen LogP) is 4.75. The van der Waals surface area contributed by atoms with Crippen LogP contribution in [0.1, 0.15) is 41.1 Å². The van der Waals surface area contributed by atoms with Gasteiger partial charge in [0.05, 0.1) is 16.3 Å². The molecule has 1 unspecified atom stereocenters. The van der Waals surface area contributed by atoms with Crippen LogP contribution in [0.4, 0.5) is 0 Å². The highest BCUT2D eigenvalue weighted by atomic mass is 32.1. The van der Waals surface area contributed by atoms with Gasteiger partial charge < -0.3 is 4.90 Å². The summed E-state index contributed by atoms with van der Waals surface area (Å²) in [5.74, 6) is 0.275. The van der Waals surface area contributed by atoms with Gasteiger partial charge in [0.2, 0.25) is 5.91 Å². The molecule has 3 aromatic rings. The first-order valence-electron chi connectivity index (χ1n) is 10.4. The fourth-order valence-electron chi connectivity index (χ4n) is 4.11. The number of hydrogen-bond acceptors (Lipinski definition) is 4. The molecule has 0 bridgehead atoms. The smallest absolute Gasteiger partial charge is 0.222 e. The number of amides is 1. The second-order valence-electron chi connectivity index (χ2n) is 8.04. The Kier molecular flexibility index (Phi) is 5.97. The molecule has 2 heterocycles. The molecule has 1 saturated heterocycles. The number of fused-ring (bicyclic) bond motifs is 1. The fourth-order valence-corrected chi connectivity index (χ4v) is 5.16. The Morgan fingerprint density at radius 1 is 1.10 bits per heavy atom. The van der Waals surface area contributed by atoms with E-state index in [1.54, 1.807) is 11.3 Å². The SMILES string of the molecule is Cc1ccc(CCC(=O)N2CCN(C(C)c3nc4ccccc4s3)CC2)c(C)c1. The Balaban J connectivity index is 1.30. The van der Waals surface area contributed by atoms with Gasteiger partial charge in [-0.25, -0.2) is 4.98 Å². The molecule has 2 aromatic carbocycles. The summed E-state index contributed by atoms with van der Waals surface area (Å²) in [4.78, 5) is 22.0. The highest BCUT2D eigenvalue weighted by Gasteiger charge is 2.26. The minimum atomic E-state index is 0.275. The van der Waals surface area contributed by atoms with E-state index in [0.29, 0.717) is 12.5 Å². The largest absolute Gasteiger partial charge is 0.340 e. The van der Waals surface area contributed by atoms with Gasteiger partial charge in [0.25, 0.3) is 0 Å². The van der Waals surface area contributed by atoms with Crippen LogP contribution in [0.25, 0.3) is 10.2 Å². The highest BCUT2D eigenvalue weighted by molar-refractivity contribution is 7.18. The van der Waals surface area contributed by atoms with E-state index in [1.807, 2.05) is 11.0 Å². The lowest BCUT2D eigenvalue weighted by Gasteiger charge is -2.37. The van der Waals surface area contributed by atoms with E-state index < -0.39 is 0 Å². The quantitative estimate of drug-likeness (QED) is 0.612. The van der Waals surface area contributed by atoms with Crippen LogP contribution in [0, 0.1) is 13.8 Å². The summed E-state index contributed by atoms with van der Waals surface area (Å²) >= 11 is 1.78. The van der Waals surface area contributed by atoms with E-state index in [9.17, 15) is 4.79 Å². The van der Waals surface area contributed by atoms with Crippen LogP contribution in [0.15, 0.2) is 42.5 Å². The van der Waals surface area contributed by atoms with E-state index >= 15 is 0 Å². The molecule has 1 fully saturated rings. The zero-order chi connectivity index (χ0) is 20.4. The van der Waals surface area contributed by atoms with Crippen molar-refractivity contribution in [2.24, 2.45) is 0 Å². The van der Waals surface area contributed by atoms with Crippen molar-refractivity contribution < 1.29 is 4.79 Å². The second-order valence-corrected chi connectivity index (χ2v) is 9.10. The first kappa shape index (κ1) is 20.0. The number of carbonyl (C=O) groups is 1. The minimum Gasteiger partial charge on any atom is -0.340 e. The number of thiazole rings is 1. The van der Waals surface area contributed by atoms with E-state index in [4.69, 9.17) is 4.98 Å². The van der Waals surface area contributed by atoms with Crippen molar-refractivity contribution in [1.82, 2.24) is 14.8 Å². The number of carbonyl (C=O) groups excluding carboxylic acids is 1. The van der Waals surface area contributed by atoms with Gasteiger partial charge in [0.1, 0.15) is 5.01 Å². The first-order chi connectivity index (χ1) is 14.0. The second kappa shape index (κ2) is 8.64. The van der Waals surface area contributed by atoms with E-state index in [0.717, 1.165) is 38.1 Å². The van der Waals surface area contributed by atoms with Crippen LogP contribution in [-0.2, 0) is 11.2 Å². The maximum absolute atomic E-state index is 12.7. The van der Waals surface area contributed by atoms with Crippen molar-refractivity contribution in [1.29, 1.82) is 0 Å². The van der Waals surface area contributed by atoms with Gasteiger partial charge in [-0.1, -0.05) is 35.9 Å². The zero-order valence-electron chi connectivity index (χ0n) is 17.5. The third-order valence-electron chi connectivity index (χ3n) is 5.99. The molecule has 0 aliphatic carbocycles. The van der Waals surface area contributed by atoms with E-state index in [-0.39, 0.29) is 5.91 Å². The Morgan fingerprint density at radius 3 is 2.59 bits per heavy atom. The lowest BCUT2D eigenvalue weighted by Crippen LogP contribution is -2.49. The Hall–Kier alpha value is -2.24. The molecular weight excluding hydrogens is 378 g/mol. The molecule has 0 radical (unpaired) electrons. The predicted molar refractivity (Wildman–Crippen MR) is 120 cm³/mol. The minimum absolute atomic E-state index is 0.275. The number of nitrogens with zero attached hydrogens (tertiary/aromatic N) is 3. The van der Waals surface area contributed by atoms with Crippen molar-refractivity contribution in [2.75, 3.05) is 26.2 Å². The normalized spacial score (nSPS) is 16.3. The monoisotopic (exact) mass is 407 g/mol. The topological polar surface area (TPSA) is 36.4 Å². The maximum Gasteiger partial charge on any atom is 0.222 e. The van der Waals surface area contributed by atoms with Gasteiger partial charge >= 0.3 is 0 Å². The van der Waals surface area contributed by atoms with Crippen molar-refractivity contribution in [3.63, 3.8) is 0 Å². The summed E-state index contributed by atoms with van der Waals surface area (Å²) in [6.07, 6.45) is 1.42. The maximum atomic E-state index is 12.7. The molecule has 0 spiro atoms. The van der Waals surface area contributed by atoms with Gasteiger partial charge in [-0.05, 0) is 50.5 Å². The van der Waals surface area contributed by atoms with Crippen molar-refractivity contribution in [2.45, 2.75) is 39.7 Å². The van der Waals surface area contributed by atoms with Crippen LogP contribution >= 0.6 is 11.3 Å². The van der Waals surface area contributed by atoms with Crippen LogP contribution in [-0.4, -0.2) is 46.9 Å². The number of hydrogen-bond donors (Lipinski definition) is 0. The number of rotatable bonds is 5. The van der Waals surface area contributed by atoms with Crippen LogP contribution in [0.3, 0.4) is 0 Å². The number of para-hydroxylation sites is 1. The molecule has 1 aromatic heterocycles. The van der Waals surface area contributed by atoms with Crippen molar-refractivity contribution >= 4 is 27.5 Å². The number of benzene rings is 2. The Labute approximate surface area is 177 Å². The average molecular weight is 408 g/mol. The standard InChI is InChI=1S/C24H29N3OS/c1-17-8-9-20(18(2)16-17)10-11-23(28)27-14-12-26(13-15-27)19(3)24-25-21-6-4-5-7-22(21)29-24/h4-9,16,19H,10-15H2,1-3H3. The number of aryl methyl sites for hydroxylation is 3. The molecular formula is C24H29N3OS. The molecule has 0 N–H and O–H groups in total. The summed E-state index contributed by atoms with van der Waals surface area (Å²) in [5.41, 5.74) is 4.93. The van der Waals surface area contributed by atoms with Crippen LogP contribution in [0.5, 0.6) is 0 Å². The molecule has 4 nitrogen and oxygen atoms in total. The van der Waals surface area contributed by atoms with Crippen LogP contribution < -0.4 is 0 Å². The van der Waals surface area contributed by atoms with Gasteiger partial charge in [0, 0.05) is 32.6 Å². The zero-order valence-corrected chi connectivity index (χ0v) is 18.3. The summed E-state index contributed by atoms with van der Waals surface area (Å²) in [5, 5.41) is 1.17. The highest BCUT2D eigenvalue weighted by Crippen LogP contribution is 2.30. The lowest BCUT2D eigenvalue weighted by atomic mass is 10.0. The van der Waals surface area contributed by atoms with Gasteiger partial charge in [-0.2, -0.15) is 0 Å². The summed E-state index contributed by atoms with van der Waals surface area (Å²) in [6, 6.07) is 15.1. The number of piperazine rings is 1. The Morgan fingerprint density at radius 2 is 1.86 bits per heavy atom. The molecule has 1 aliphatic heterocycles. The van der Waals surface area contributed by atoms with E-state index in [1.165, 1.54) is 26.4 Å². The van der Waals surface area contributed by atoms with Gasteiger partial charge in [-0.15, -0.1) is 11.3 Å². The molecule has 4 rings (SSSR count). The van der Waals surface area contributed by atoms with Crippen LogP contribution in [0.2, 0.25) is 0 Å². The molecule has 1 aliphatic rings. The lowest BCUT2D eigenvalue weighted by molar-refractivity contribution is -0.133. The summed E-state index contributed by atoms with van der Waals surface area (Å²) < 4.78 is 1.24. The fraction of sp³-hybridized carbons (Fsp3) is 0.417. The van der Waals surface area contributed by atoms with Gasteiger partial charge in [-0.3, -0.25) is 9.69 Å². The first-order valence-corrected chi connectivity index (χ1v) is 11.3.